The number of carbonyl (C=O) groups is 1. The lowest BCUT2D eigenvalue weighted by molar-refractivity contribution is -0.137. The first-order chi connectivity index (χ1) is 6.10. The maximum Gasteiger partial charge on any atom is 0.303 e. The number of aliphatic carboxylic acids is 1. The Hall–Kier alpha value is -0.930. The lowest BCUT2D eigenvalue weighted by Crippen LogP contribution is -2.23. The largest absolute Gasteiger partial charge is 0.481 e. The molecule has 0 aliphatic rings. The summed E-state index contributed by atoms with van der Waals surface area (Å²) in [6.45, 7) is 3.98. The van der Waals surface area contributed by atoms with Gasteiger partial charge in [0, 0.05) is 6.42 Å². The molecular formula is C9H18N2O2. The van der Waals surface area contributed by atoms with Crippen LogP contribution in [0.1, 0.15) is 46.0 Å². The molecule has 0 radical (unpaired) electrons. The van der Waals surface area contributed by atoms with Gasteiger partial charge in [-0.2, -0.15) is 5.11 Å². The smallest absolute Gasteiger partial charge is 0.303 e. The van der Waals surface area contributed by atoms with Crippen LogP contribution < -0.4 is 0 Å². The van der Waals surface area contributed by atoms with Crippen LogP contribution in [-0.2, 0) is 4.79 Å². The van der Waals surface area contributed by atoms with Gasteiger partial charge in [-0.3, -0.25) is 4.79 Å². The third-order valence-corrected chi connectivity index (χ3v) is 2.59. The lowest BCUT2D eigenvalue weighted by atomic mass is 9.88. The second-order valence-electron chi connectivity index (χ2n) is 3.29. The van der Waals surface area contributed by atoms with Crippen LogP contribution in [0, 0.1) is 5.53 Å². The van der Waals surface area contributed by atoms with Crippen LogP contribution in [-0.4, -0.2) is 16.6 Å². The average molecular weight is 186 g/mol. The van der Waals surface area contributed by atoms with Crippen molar-refractivity contribution in [3.63, 3.8) is 0 Å². The Morgan fingerprint density at radius 1 is 1.46 bits per heavy atom. The SMILES string of the molecule is CCC(CC)(CCCC(=O)O)N=N. The minimum atomic E-state index is -0.772. The molecule has 0 unspecified atom stereocenters. The molecule has 0 saturated heterocycles. The third-order valence-electron chi connectivity index (χ3n) is 2.59. The van der Waals surface area contributed by atoms with Gasteiger partial charge in [0.2, 0.25) is 0 Å². The molecule has 0 aliphatic carbocycles. The molecular weight excluding hydrogens is 168 g/mol. The highest BCUT2D eigenvalue weighted by Gasteiger charge is 2.24. The van der Waals surface area contributed by atoms with Gasteiger partial charge in [0.05, 0.1) is 5.54 Å². The number of rotatable bonds is 7. The molecule has 0 atom stereocenters. The molecule has 0 aromatic rings. The van der Waals surface area contributed by atoms with Gasteiger partial charge in [0.25, 0.3) is 0 Å². The first-order valence-electron chi connectivity index (χ1n) is 4.70. The minimum Gasteiger partial charge on any atom is -0.481 e. The van der Waals surface area contributed by atoms with Crippen LogP contribution in [0.2, 0.25) is 0 Å². The summed E-state index contributed by atoms with van der Waals surface area (Å²) >= 11 is 0. The number of nitrogens with zero attached hydrogens (tertiary/aromatic N) is 1. The Bertz CT molecular complexity index is 176. The van der Waals surface area contributed by atoms with Crippen LogP contribution in [0.4, 0.5) is 0 Å². The fourth-order valence-electron chi connectivity index (χ4n) is 1.39. The average Bonchev–Trinajstić information content (AvgIpc) is 2.13. The van der Waals surface area contributed by atoms with Crippen molar-refractivity contribution in [2.45, 2.75) is 51.5 Å². The highest BCUT2D eigenvalue weighted by molar-refractivity contribution is 5.66. The fraction of sp³-hybridized carbons (Fsp3) is 0.889. The van der Waals surface area contributed by atoms with E-state index in [0.29, 0.717) is 12.8 Å². The molecule has 0 heterocycles. The van der Waals surface area contributed by atoms with Crippen molar-refractivity contribution in [1.82, 2.24) is 0 Å². The summed E-state index contributed by atoms with van der Waals surface area (Å²) < 4.78 is 0. The number of hydrogen-bond acceptors (Lipinski definition) is 3. The first-order valence-corrected chi connectivity index (χ1v) is 4.70. The van der Waals surface area contributed by atoms with Crippen molar-refractivity contribution in [3.05, 3.63) is 0 Å². The summed E-state index contributed by atoms with van der Waals surface area (Å²) in [5, 5.41) is 12.1. The molecule has 0 bridgehead atoms. The van der Waals surface area contributed by atoms with E-state index in [1.807, 2.05) is 13.8 Å². The molecule has 2 N–H and O–H groups in total. The molecule has 4 heteroatoms. The second-order valence-corrected chi connectivity index (χ2v) is 3.29. The van der Waals surface area contributed by atoms with Crippen molar-refractivity contribution in [3.8, 4) is 0 Å². The van der Waals surface area contributed by atoms with Crippen LogP contribution in [0.15, 0.2) is 5.11 Å². The minimum absolute atomic E-state index is 0.178. The Balaban J connectivity index is 3.95. The zero-order valence-electron chi connectivity index (χ0n) is 8.34. The van der Waals surface area contributed by atoms with Gasteiger partial charge < -0.3 is 5.11 Å². The summed E-state index contributed by atoms with van der Waals surface area (Å²) in [6, 6.07) is 0. The van der Waals surface area contributed by atoms with Gasteiger partial charge in [-0.1, -0.05) is 13.8 Å². The van der Waals surface area contributed by atoms with E-state index < -0.39 is 5.97 Å². The molecule has 0 fully saturated rings. The first kappa shape index (κ1) is 12.1. The molecule has 0 spiro atoms. The van der Waals surface area contributed by atoms with Crippen molar-refractivity contribution >= 4 is 5.97 Å². The quantitative estimate of drug-likeness (QED) is 0.600. The van der Waals surface area contributed by atoms with Crippen molar-refractivity contribution in [2.24, 2.45) is 5.11 Å². The van der Waals surface area contributed by atoms with E-state index in [1.54, 1.807) is 0 Å². The molecule has 76 valence electrons. The normalized spacial score (nSPS) is 11.2. The maximum atomic E-state index is 10.3. The zero-order valence-corrected chi connectivity index (χ0v) is 8.34. The van der Waals surface area contributed by atoms with E-state index >= 15 is 0 Å². The van der Waals surface area contributed by atoms with E-state index in [1.165, 1.54) is 0 Å². The van der Waals surface area contributed by atoms with Crippen LogP contribution >= 0.6 is 0 Å². The lowest BCUT2D eigenvalue weighted by Gasteiger charge is -2.24. The number of nitrogens with one attached hydrogen (secondary N) is 1. The monoisotopic (exact) mass is 186 g/mol. The summed E-state index contributed by atoms with van der Waals surface area (Å²) in [7, 11) is 0. The topological polar surface area (TPSA) is 73.5 Å². The van der Waals surface area contributed by atoms with Crippen molar-refractivity contribution in [2.75, 3.05) is 0 Å². The summed E-state index contributed by atoms with van der Waals surface area (Å²) in [4.78, 5) is 10.3. The molecule has 0 rings (SSSR count). The van der Waals surface area contributed by atoms with Gasteiger partial charge >= 0.3 is 5.97 Å². The maximum absolute atomic E-state index is 10.3. The van der Waals surface area contributed by atoms with Gasteiger partial charge in [-0.05, 0) is 25.7 Å². The molecule has 0 aliphatic heterocycles. The van der Waals surface area contributed by atoms with Crippen LogP contribution in [0.25, 0.3) is 0 Å². The van der Waals surface area contributed by atoms with E-state index in [2.05, 4.69) is 5.11 Å². The Labute approximate surface area is 78.9 Å². The highest BCUT2D eigenvalue weighted by atomic mass is 16.4. The fourth-order valence-corrected chi connectivity index (χ4v) is 1.39. The molecule has 0 saturated carbocycles. The van der Waals surface area contributed by atoms with Gasteiger partial charge in [0.15, 0.2) is 0 Å². The number of carboxylic acid groups (broad SMARTS) is 1. The predicted molar refractivity (Wildman–Crippen MR) is 49.9 cm³/mol. The summed E-state index contributed by atoms with van der Waals surface area (Å²) in [5.41, 5.74) is 6.76. The Kier molecular flexibility index (Phi) is 5.26. The zero-order chi connectivity index (χ0) is 10.3. The number of carboxylic acids is 1. The van der Waals surface area contributed by atoms with Gasteiger partial charge in [0.1, 0.15) is 0 Å². The van der Waals surface area contributed by atoms with Crippen LogP contribution in [0.5, 0.6) is 0 Å². The second kappa shape index (κ2) is 5.67. The van der Waals surface area contributed by atoms with Gasteiger partial charge in [-0.25, -0.2) is 5.53 Å². The van der Waals surface area contributed by atoms with Crippen molar-refractivity contribution < 1.29 is 9.90 Å². The molecule has 13 heavy (non-hydrogen) atoms. The summed E-state index contributed by atoms with van der Waals surface area (Å²) in [5.74, 6) is -0.772. The predicted octanol–water partition coefficient (Wildman–Crippen LogP) is 2.83. The van der Waals surface area contributed by atoms with E-state index in [9.17, 15) is 4.79 Å². The van der Waals surface area contributed by atoms with E-state index in [-0.39, 0.29) is 12.0 Å². The molecule has 0 aromatic heterocycles. The van der Waals surface area contributed by atoms with E-state index in [4.69, 9.17) is 10.6 Å². The number of hydrogen-bond donors (Lipinski definition) is 2. The Morgan fingerprint density at radius 3 is 2.31 bits per heavy atom. The third kappa shape index (κ3) is 4.01. The molecule has 4 nitrogen and oxygen atoms in total. The molecule has 0 aromatic carbocycles. The van der Waals surface area contributed by atoms with E-state index in [0.717, 1.165) is 12.8 Å². The van der Waals surface area contributed by atoms with Gasteiger partial charge in [-0.15, -0.1) is 0 Å². The standard InChI is InChI=1S/C9H18N2O2/c1-3-9(4-2,11-10)7-5-6-8(12)13/h10H,3-7H2,1-2H3,(H,12,13). The Morgan fingerprint density at radius 2 is 2.00 bits per heavy atom. The van der Waals surface area contributed by atoms with Crippen LogP contribution in [0.3, 0.4) is 0 Å². The molecule has 0 amide bonds. The van der Waals surface area contributed by atoms with Crippen molar-refractivity contribution in [1.29, 1.82) is 5.53 Å². The summed E-state index contributed by atoms with van der Waals surface area (Å²) in [6.07, 6.45) is 3.12. The highest BCUT2D eigenvalue weighted by Crippen LogP contribution is 2.26.